The van der Waals surface area contributed by atoms with Crippen LogP contribution in [0.4, 0.5) is 0 Å². The molecule has 1 N–H and O–H groups in total. The van der Waals surface area contributed by atoms with Crippen LogP contribution in [-0.4, -0.2) is 25.7 Å². The maximum atomic E-state index is 13.6. The summed E-state index contributed by atoms with van der Waals surface area (Å²) in [7, 11) is 1.67. The molecule has 0 fully saturated rings. The highest BCUT2D eigenvalue weighted by atomic mass is 127. The molecular formula is C47H81IN2O4. The van der Waals surface area contributed by atoms with Crippen molar-refractivity contribution in [3.05, 3.63) is 48.3 Å². The van der Waals surface area contributed by atoms with Crippen molar-refractivity contribution < 1.29 is 47.5 Å². The van der Waals surface area contributed by atoms with Crippen LogP contribution in [0.1, 0.15) is 200 Å². The number of unbranched alkanes of at least 4 members (excludes halogenated alkanes) is 24. The molecule has 0 aliphatic carbocycles. The molecule has 0 bridgehead atoms. The van der Waals surface area contributed by atoms with E-state index in [1.807, 2.05) is 30.3 Å². The van der Waals surface area contributed by atoms with E-state index in [1.165, 1.54) is 148 Å². The van der Waals surface area contributed by atoms with E-state index in [-0.39, 0.29) is 29.9 Å². The Morgan fingerprint density at radius 1 is 0.630 bits per heavy atom. The monoisotopic (exact) mass is 865 g/mol. The van der Waals surface area contributed by atoms with E-state index in [4.69, 9.17) is 14.2 Å². The van der Waals surface area contributed by atoms with E-state index in [0.29, 0.717) is 36.8 Å². The van der Waals surface area contributed by atoms with Crippen LogP contribution in [0.25, 0.3) is 0 Å². The van der Waals surface area contributed by atoms with Crippen LogP contribution in [0.15, 0.2) is 42.6 Å². The van der Waals surface area contributed by atoms with E-state index in [9.17, 15) is 4.79 Å². The number of nitrogens with zero attached hydrogens (tertiary/aromatic N) is 1. The number of pyridine rings is 1. The van der Waals surface area contributed by atoms with Gasteiger partial charge in [-0.05, 0) is 38.3 Å². The molecule has 7 heteroatoms. The Balaban J connectivity index is 0.0000146. The molecule has 1 heterocycles. The lowest BCUT2D eigenvalue weighted by atomic mass is 10.0. The standard InChI is InChI=1S/C47H80N2O4.HI/c1-5-8-10-12-14-16-18-20-21-22-24-26-28-30-35-45(47(50)48-41-42-34-31-32-38-49(42)7-3)53-43-36-37-44(51-4)46(40-43)52-39-33-29-27-25-23-19-17-15-13-11-9-6-2;/h31-32,34,36-38,40,45H,5-30,33,35,39,41H2,1-4H3;1H. The van der Waals surface area contributed by atoms with Crippen LogP contribution in [0.3, 0.4) is 0 Å². The Morgan fingerprint density at radius 2 is 1.13 bits per heavy atom. The third-order valence-corrected chi connectivity index (χ3v) is 10.6. The zero-order valence-electron chi connectivity index (χ0n) is 35.3. The minimum atomic E-state index is -0.566. The number of methoxy groups -OCH3 is 1. The normalized spacial score (nSPS) is 11.6. The van der Waals surface area contributed by atoms with Crippen molar-refractivity contribution in [1.82, 2.24) is 5.32 Å². The van der Waals surface area contributed by atoms with Gasteiger partial charge in [-0.2, -0.15) is 0 Å². The van der Waals surface area contributed by atoms with Gasteiger partial charge in [-0.1, -0.05) is 174 Å². The van der Waals surface area contributed by atoms with Crippen LogP contribution in [-0.2, 0) is 17.9 Å². The van der Waals surface area contributed by atoms with Gasteiger partial charge >= 0.3 is 0 Å². The highest BCUT2D eigenvalue weighted by Crippen LogP contribution is 2.32. The van der Waals surface area contributed by atoms with Gasteiger partial charge in [-0.3, -0.25) is 4.79 Å². The van der Waals surface area contributed by atoms with Gasteiger partial charge in [0, 0.05) is 18.2 Å². The number of hydrogen-bond acceptors (Lipinski definition) is 4. The molecule has 2 rings (SSSR count). The number of hydrogen-bond donors (Lipinski definition) is 1. The van der Waals surface area contributed by atoms with E-state index in [0.717, 1.165) is 31.5 Å². The molecule has 0 aliphatic rings. The van der Waals surface area contributed by atoms with Crippen molar-refractivity contribution in [1.29, 1.82) is 0 Å². The van der Waals surface area contributed by atoms with E-state index >= 15 is 0 Å². The van der Waals surface area contributed by atoms with Gasteiger partial charge < -0.3 is 43.5 Å². The fourth-order valence-electron chi connectivity index (χ4n) is 7.17. The SMILES string of the molecule is CCCCCCCCCCCCCCCCC(Oc1ccc(OC)c(OCCCCCCCCCCCCCC)c1)C(=O)NCc1cccc[n+]1CC.[I-]. The number of carbonyl (C=O) groups is 1. The van der Waals surface area contributed by atoms with Gasteiger partial charge in [-0.25, -0.2) is 4.57 Å². The van der Waals surface area contributed by atoms with Crippen molar-refractivity contribution in [3.63, 3.8) is 0 Å². The third kappa shape index (κ3) is 24.5. The largest absolute Gasteiger partial charge is 1.00 e. The number of benzene rings is 1. The number of aromatic nitrogens is 1. The number of amides is 1. The van der Waals surface area contributed by atoms with Crippen LogP contribution < -0.4 is 48.1 Å². The van der Waals surface area contributed by atoms with Gasteiger partial charge in [0.2, 0.25) is 5.69 Å². The Kier molecular flexibility index (Phi) is 32.8. The molecule has 54 heavy (non-hydrogen) atoms. The molecule has 1 amide bonds. The second kappa shape index (κ2) is 35.4. The van der Waals surface area contributed by atoms with Gasteiger partial charge in [0.1, 0.15) is 18.8 Å². The van der Waals surface area contributed by atoms with Crippen LogP contribution in [0.5, 0.6) is 17.2 Å². The first kappa shape index (κ1) is 50.0. The first-order valence-corrected chi connectivity index (χ1v) is 22.3. The summed E-state index contributed by atoms with van der Waals surface area (Å²) in [6.45, 7) is 8.66. The average molecular weight is 865 g/mol. The quantitative estimate of drug-likeness (QED) is 0.0421. The van der Waals surface area contributed by atoms with Gasteiger partial charge in [0.15, 0.2) is 23.8 Å². The number of carbonyl (C=O) groups excluding carboxylic acids is 1. The minimum absolute atomic E-state index is 0. The van der Waals surface area contributed by atoms with E-state index in [1.54, 1.807) is 7.11 Å². The summed E-state index contributed by atoms with van der Waals surface area (Å²) in [5, 5.41) is 3.17. The van der Waals surface area contributed by atoms with Crippen molar-refractivity contribution in [2.45, 2.75) is 213 Å². The van der Waals surface area contributed by atoms with Gasteiger partial charge in [-0.15, -0.1) is 0 Å². The first-order valence-electron chi connectivity index (χ1n) is 22.3. The molecule has 1 aromatic heterocycles. The Labute approximate surface area is 349 Å². The molecule has 1 unspecified atom stereocenters. The Bertz CT molecular complexity index is 1160. The predicted octanol–water partition coefficient (Wildman–Crippen LogP) is 10.0. The zero-order valence-corrected chi connectivity index (χ0v) is 37.4. The Morgan fingerprint density at radius 3 is 1.63 bits per heavy atom. The minimum Gasteiger partial charge on any atom is -1.00 e. The van der Waals surface area contributed by atoms with Gasteiger partial charge in [0.05, 0.1) is 13.7 Å². The number of rotatable bonds is 36. The van der Waals surface area contributed by atoms with E-state index in [2.05, 4.69) is 42.9 Å². The highest BCUT2D eigenvalue weighted by Gasteiger charge is 2.22. The molecule has 0 saturated heterocycles. The second-order valence-corrected chi connectivity index (χ2v) is 15.2. The molecule has 0 radical (unpaired) electrons. The van der Waals surface area contributed by atoms with Gasteiger partial charge in [0.25, 0.3) is 5.91 Å². The lowest BCUT2D eigenvalue weighted by Gasteiger charge is -2.20. The third-order valence-electron chi connectivity index (χ3n) is 10.6. The van der Waals surface area contributed by atoms with Crippen molar-refractivity contribution in [2.24, 2.45) is 0 Å². The predicted molar refractivity (Wildman–Crippen MR) is 223 cm³/mol. The molecule has 0 saturated carbocycles. The molecule has 1 aromatic carbocycles. The maximum absolute atomic E-state index is 13.6. The summed E-state index contributed by atoms with van der Waals surface area (Å²) in [4.78, 5) is 13.6. The van der Waals surface area contributed by atoms with E-state index < -0.39 is 6.10 Å². The number of halogens is 1. The number of ether oxygens (including phenoxy) is 3. The summed E-state index contributed by atoms with van der Waals surface area (Å²) in [6, 6.07) is 11.8. The molecule has 2 aromatic rings. The van der Waals surface area contributed by atoms with Crippen LogP contribution >= 0.6 is 0 Å². The zero-order chi connectivity index (χ0) is 38.0. The van der Waals surface area contributed by atoms with Crippen LogP contribution in [0, 0.1) is 0 Å². The van der Waals surface area contributed by atoms with Crippen molar-refractivity contribution >= 4 is 5.91 Å². The lowest BCUT2D eigenvalue weighted by Crippen LogP contribution is -3.00. The maximum Gasteiger partial charge on any atom is 0.261 e. The number of aryl methyl sites for hydroxylation is 1. The summed E-state index contributed by atoms with van der Waals surface area (Å²) in [6.07, 6.45) is 36.3. The number of nitrogens with one attached hydrogen (secondary N) is 1. The molecule has 310 valence electrons. The summed E-state index contributed by atoms with van der Waals surface area (Å²) in [5.74, 6) is 1.94. The summed E-state index contributed by atoms with van der Waals surface area (Å²) in [5.41, 5.74) is 1.08. The fourth-order valence-corrected chi connectivity index (χ4v) is 7.17. The molecule has 0 spiro atoms. The summed E-state index contributed by atoms with van der Waals surface area (Å²) >= 11 is 0. The van der Waals surface area contributed by atoms with Crippen molar-refractivity contribution in [2.75, 3.05) is 13.7 Å². The highest BCUT2D eigenvalue weighted by molar-refractivity contribution is 5.81. The molecule has 0 aliphatic heterocycles. The topological polar surface area (TPSA) is 60.7 Å². The molecule has 1 atom stereocenters. The molecule has 6 nitrogen and oxygen atoms in total. The first-order chi connectivity index (χ1) is 26.1. The van der Waals surface area contributed by atoms with Crippen LogP contribution in [0.2, 0.25) is 0 Å². The lowest BCUT2D eigenvalue weighted by molar-refractivity contribution is -0.701. The average Bonchev–Trinajstić information content (AvgIpc) is 3.18. The Hall–Kier alpha value is -2.03. The second-order valence-electron chi connectivity index (χ2n) is 15.2. The molecular weight excluding hydrogens is 783 g/mol. The van der Waals surface area contributed by atoms with Crippen molar-refractivity contribution in [3.8, 4) is 17.2 Å². The summed E-state index contributed by atoms with van der Waals surface area (Å²) < 4.78 is 20.4. The fraction of sp³-hybridized carbons (Fsp3) is 0.745. The smallest absolute Gasteiger partial charge is 0.261 e.